The Labute approximate surface area is 132 Å². The third-order valence-electron chi connectivity index (χ3n) is 3.87. The van der Waals surface area contributed by atoms with E-state index < -0.39 is 0 Å². The van der Waals surface area contributed by atoms with Gasteiger partial charge in [0.05, 0.1) is 6.04 Å². The van der Waals surface area contributed by atoms with Crippen molar-refractivity contribution in [2.45, 2.75) is 25.8 Å². The van der Waals surface area contributed by atoms with Gasteiger partial charge in [0.1, 0.15) is 0 Å². The molecule has 0 saturated carbocycles. The molecule has 1 aliphatic heterocycles. The highest BCUT2D eigenvalue weighted by molar-refractivity contribution is 9.10. The number of carbonyl (C=O) groups excluding carboxylic acids is 1. The van der Waals surface area contributed by atoms with E-state index in [4.69, 9.17) is 5.73 Å². The van der Waals surface area contributed by atoms with Crippen LogP contribution < -0.4 is 11.1 Å². The van der Waals surface area contributed by atoms with Crippen LogP contribution in [0.3, 0.4) is 0 Å². The molecule has 0 saturated heterocycles. The zero-order valence-electron chi connectivity index (χ0n) is 11.8. The summed E-state index contributed by atoms with van der Waals surface area (Å²) in [6, 6.07) is 12.1. The molecule has 2 aromatic carbocycles. The second-order valence-electron chi connectivity index (χ2n) is 5.47. The van der Waals surface area contributed by atoms with Crippen LogP contribution >= 0.6 is 15.9 Å². The highest BCUT2D eigenvalue weighted by Crippen LogP contribution is 2.31. The number of rotatable bonds is 2. The minimum Gasteiger partial charge on any atom is -0.326 e. The average molecular weight is 345 g/mol. The summed E-state index contributed by atoms with van der Waals surface area (Å²) in [5.74, 6) is 0.0841. The van der Waals surface area contributed by atoms with Crippen molar-refractivity contribution in [1.82, 2.24) is 0 Å². The van der Waals surface area contributed by atoms with E-state index in [9.17, 15) is 4.79 Å². The molecular formula is C17H17BrN2O. The number of nitrogens with two attached hydrogens (primary N) is 1. The molecule has 1 heterocycles. The summed E-state index contributed by atoms with van der Waals surface area (Å²) in [6.07, 6.45) is 1.32. The number of anilines is 1. The topological polar surface area (TPSA) is 55.1 Å². The molecule has 3 nitrogen and oxygen atoms in total. The molecule has 2 aromatic rings. The summed E-state index contributed by atoms with van der Waals surface area (Å²) in [5, 5.41) is 2.90. The number of benzene rings is 2. The van der Waals surface area contributed by atoms with E-state index in [0.717, 1.165) is 33.3 Å². The molecule has 0 bridgehead atoms. The van der Waals surface area contributed by atoms with E-state index >= 15 is 0 Å². The Hall–Kier alpha value is -1.65. The summed E-state index contributed by atoms with van der Waals surface area (Å²) in [7, 11) is 0. The van der Waals surface area contributed by atoms with E-state index in [2.05, 4.69) is 52.4 Å². The van der Waals surface area contributed by atoms with Gasteiger partial charge in [-0.2, -0.15) is 0 Å². The zero-order valence-corrected chi connectivity index (χ0v) is 13.4. The molecule has 1 unspecified atom stereocenters. The quantitative estimate of drug-likeness (QED) is 0.872. The Morgan fingerprint density at radius 1 is 1.19 bits per heavy atom. The zero-order chi connectivity index (χ0) is 15.0. The SMILES string of the molecule is Cc1ccc(C(N)c2ccc3c(c2)CCC(=O)N3)c(Br)c1. The minimum absolute atomic E-state index is 0.0841. The van der Waals surface area contributed by atoms with Gasteiger partial charge < -0.3 is 11.1 Å². The molecule has 4 heteroatoms. The molecule has 0 aliphatic carbocycles. The molecule has 0 fully saturated rings. The molecule has 1 atom stereocenters. The van der Waals surface area contributed by atoms with E-state index in [-0.39, 0.29) is 11.9 Å². The fourth-order valence-electron chi connectivity index (χ4n) is 2.66. The van der Waals surface area contributed by atoms with Gasteiger partial charge in [0.2, 0.25) is 5.91 Å². The lowest BCUT2D eigenvalue weighted by atomic mass is 9.94. The first-order valence-corrected chi connectivity index (χ1v) is 7.78. The van der Waals surface area contributed by atoms with E-state index in [0.29, 0.717) is 6.42 Å². The normalized spacial score (nSPS) is 15.3. The van der Waals surface area contributed by atoms with Crippen molar-refractivity contribution in [1.29, 1.82) is 0 Å². The Kier molecular flexibility index (Phi) is 3.83. The highest BCUT2D eigenvalue weighted by atomic mass is 79.9. The number of aryl methyl sites for hydroxylation is 2. The van der Waals surface area contributed by atoms with Gasteiger partial charge >= 0.3 is 0 Å². The number of hydrogen-bond acceptors (Lipinski definition) is 2. The molecule has 0 spiro atoms. The highest BCUT2D eigenvalue weighted by Gasteiger charge is 2.18. The molecule has 0 aromatic heterocycles. The van der Waals surface area contributed by atoms with Crippen molar-refractivity contribution in [2.24, 2.45) is 5.73 Å². The van der Waals surface area contributed by atoms with Gasteiger partial charge in [0.15, 0.2) is 0 Å². The first-order chi connectivity index (χ1) is 10.0. The average Bonchev–Trinajstić information content (AvgIpc) is 2.46. The van der Waals surface area contributed by atoms with Crippen LogP contribution in [-0.4, -0.2) is 5.91 Å². The maximum absolute atomic E-state index is 11.4. The number of nitrogens with one attached hydrogen (secondary N) is 1. The van der Waals surface area contributed by atoms with E-state index in [1.807, 2.05) is 12.1 Å². The molecule has 21 heavy (non-hydrogen) atoms. The van der Waals surface area contributed by atoms with E-state index in [1.54, 1.807) is 0 Å². The van der Waals surface area contributed by atoms with Gasteiger partial charge in [-0.1, -0.05) is 40.2 Å². The Morgan fingerprint density at radius 2 is 2.00 bits per heavy atom. The van der Waals surface area contributed by atoms with Gasteiger partial charge in [-0.3, -0.25) is 4.79 Å². The third kappa shape index (κ3) is 2.87. The van der Waals surface area contributed by atoms with Crippen LogP contribution in [0.1, 0.15) is 34.7 Å². The monoisotopic (exact) mass is 344 g/mol. The number of hydrogen-bond donors (Lipinski definition) is 2. The van der Waals surface area contributed by atoms with E-state index in [1.165, 1.54) is 5.56 Å². The Bertz CT molecular complexity index is 712. The van der Waals surface area contributed by atoms with Gasteiger partial charge in [-0.15, -0.1) is 0 Å². The lowest BCUT2D eigenvalue weighted by Crippen LogP contribution is -2.20. The predicted octanol–water partition coefficient (Wildman–Crippen LogP) is 3.69. The van der Waals surface area contributed by atoms with Crippen molar-refractivity contribution >= 4 is 27.5 Å². The van der Waals surface area contributed by atoms with Crippen LogP contribution in [0.2, 0.25) is 0 Å². The van der Waals surface area contributed by atoms with Crippen LogP contribution in [0.5, 0.6) is 0 Å². The number of halogens is 1. The first kappa shape index (κ1) is 14.3. The summed E-state index contributed by atoms with van der Waals surface area (Å²) < 4.78 is 1.03. The predicted molar refractivity (Wildman–Crippen MR) is 88.3 cm³/mol. The van der Waals surface area contributed by atoms with Gasteiger partial charge in [0, 0.05) is 16.6 Å². The lowest BCUT2D eigenvalue weighted by molar-refractivity contribution is -0.116. The molecule has 108 valence electrons. The number of carbonyl (C=O) groups is 1. The lowest BCUT2D eigenvalue weighted by Gasteiger charge is -2.20. The van der Waals surface area contributed by atoms with Crippen LogP contribution in [0.25, 0.3) is 0 Å². The maximum Gasteiger partial charge on any atom is 0.224 e. The minimum atomic E-state index is -0.178. The Morgan fingerprint density at radius 3 is 2.76 bits per heavy atom. The second kappa shape index (κ2) is 5.62. The maximum atomic E-state index is 11.4. The standard InChI is InChI=1S/C17H17BrN2O/c1-10-2-5-13(14(18)8-10)17(19)12-3-6-15-11(9-12)4-7-16(21)20-15/h2-3,5-6,8-9,17H,4,7,19H2,1H3,(H,20,21). The number of fused-ring (bicyclic) bond motifs is 1. The van der Waals surface area contributed by atoms with Gasteiger partial charge in [-0.05, 0) is 47.7 Å². The van der Waals surface area contributed by atoms with Crippen molar-refractivity contribution in [3.05, 3.63) is 63.1 Å². The fourth-order valence-corrected chi connectivity index (χ4v) is 3.40. The van der Waals surface area contributed by atoms with Crippen molar-refractivity contribution in [3.63, 3.8) is 0 Å². The van der Waals surface area contributed by atoms with Gasteiger partial charge in [-0.25, -0.2) is 0 Å². The molecule has 3 N–H and O–H groups in total. The third-order valence-corrected chi connectivity index (χ3v) is 4.56. The first-order valence-electron chi connectivity index (χ1n) is 6.99. The molecule has 0 radical (unpaired) electrons. The summed E-state index contributed by atoms with van der Waals surface area (Å²) >= 11 is 3.59. The molecule has 1 aliphatic rings. The summed E-state index contributed by atoms with van der Waals surface area (Å²) in [6.45, 7) is 2.06. The Balaban J connectivity index is 1.95. The number of amides is 1. The second-order valence-corrected chi connectivity index (χ2v) is 6.32. The van der Waals surface area contributed by atoms with Crippen molar-refractivity contribution < 1.29 is 4.79 Å². The van der Waals surface area contributed by atoms with Crippen LogP contribution in [0.15, 0.2) is 40.9 Å². The van der Waals surface area contributed by atoms with Crippen LogP contribution in [0.4, 0.5) is 5.69 Å². The van der Waals surface area contributed by atoms with Crippen molar-refractivity contribution in [3.8, 4) is 0 Å². The molecule has 1 amide bonds. The van der Waals surface area contributed by atoms with Crippen molar-refractivity contribution in [2.75, 3.05) is 5.32 Å². The summed E-state index contributed by atoms with van der Waals surface area (Å²) in [4.78, 5) is 11.4. The smallest absolute Gasteiger partial charge is 0.224 e. The largest absolute Gasteiger partial charge is 0.326 e. The summed E-state index contributed by atoms with van der Waals surface area (Å²) in [5.41, 5.74) is 11.8. The fraction of sp³-hybridized carbons (Fsp3) is 0.235. The molecule has 3 rings (SSSR count). The van der Waals surface area contributed by atoms with Crippen LogP contribution in [0, 0.1) is 6.92 Å². The molecular weight excluding hydrogens is 328 g/mol. The van der Waals surface area contributed by atoms with Gasteiger partial charge in [0.25, 0.3) is 0 Å². The van der Waals surface area contributed by atoms with Crippen LogP contribution in [-0.2, 0) is 11.2 Å².